The van der Waals surface area contributed by atoms with Gasteiger partial charge in [-0.1, -0.05) is 31.4 Å². The number of benzene rings is 1. The number of nitrogens with zero attached hydrogens (tertiary/aromatic N) is 2. The van der Waals surface area contributed by atoms with Crippen molar-refractivity contribution in [1.29, 1.82) is 5.26 Å². The Morgan fingerprint density at radius 1 is 1.29 bits per heavy atom. The minimum atomic E-state index is -0.869. The Bertz CT molecular complexity index is 977. The first kappa shape index (κ1) is 22.6. The van der Waals surface area contributed by atoms with Gasteiger partial charge in [-0.05, 0) is 62.1 Å². The predicted molar refractivity (Wildman–Crippen MR) is 121 cm³/mol. The Morgan fingerprint density at radius 3 is 2.58 bits per heavy atom. The molecule has 0 spiro atoms. The van der Waals surface area contributed by atoms with Gasteiger partial charge in [-0.25, -0.2) is 0 Å². The summed E-state index contributed by atoms with van der Waals surface area (Å²) in [5.74, 6) is 0.207. The van der Waals surface area contributed by atoms with Gasteiger partial charge in [0.05, 0.1) is 13.2 Å². The van der Waals surface area contributed by atoms with Crippen molar-refractivity contribution in [3.05, 3.63) is 58.4 Å². The second kappa shape index (κ2) is 10.3. The molecule has 0 radical (unpaired) electrons. The van der Waals surface area contributed by atoms with Crippen molar-refractivity contribution in [1.82, 2.24) is 9.88 Å². The second-order valence-corrected chi connectivity index (χ2v) is 8.16. The van der Waals surface area contributed by atoms with E-state index < -0.39 is 12.0 Å². The van der Waals surface area contributed by atoms with Crippen LogP contribution in [0.2, 0.25) is 0 Å². The van der Waals surface area contributed by atoms with E-state index in [1.54, 1.807) is 37.5 Å². The number of carbonyl (C=O) groups is 1. The van der Waals surface area contributed by atoms with Crippen molar-refractivity contribution in [2.75, 3.05) is 13.7 Å². The molecule has 2 N–H and O–H groups in total. The van der Waals surface area contributed by atoms with Gasteiger partial charge < -0.3 is 19.7 Å². The summed E-state index contributed by atoms with van der Waals surface area (Å²) in [7, 11) is 1.58. The van der Waals surface area contributed by atoms with Crippen molar-refractivity contribution in [3.8, 4) is 11.8 Å². The summed E-state index contributed by atoms with van der Waals surface area (Å²) < 4.78 is 7.46. The fraction of sp³-hybridized carbons (Fsp3) is 0.440. The highest BCUT2D eigenvalue weighted by Crippen LogP contribution is 2.32. The SMILES string of the molecule is COc1ccc(C(O)CNC(=O)/C(C#N)=C/c2cc(C)n(C3CCCCC3)c2C)cc1. The van der Waals surface area contributed by atoms with Crippen molar-refractivity contribution in [2.45, 2.75) is 58.1 Å². The van der Waals surface area contributed by atoms with Gasteiger partial charge in [-0.2, -0.15) is 5.26 Å². The summed E-state index contributed by atoms with van der Waals surface area (Å²) in [5, 5.41) is 22.6. The average molecular weight is 422 g/mol. The number of aromatic nitrogens is 1. The lowest BCUT2D eigenvalue weighted by Gasteiger charge is -2.26. The number of hydrogen-bond acceptors (Lipinski definition) is 4. The van der Waals surface area contributed by atoms with Gasteiger partial charge in [0.25, 0.3) is 5.91 Å². The maximum absolute atomic E-state index is 12.6. The quantitative estimate of drug-likeness (QED) is 0.513. The largest absolute Gasteiger partial charge is 0.497 e. The third-order valence-electron chi connectivity index (χ3n) is 6.08. The molecule has 3 rings (SSSR count). The lowest BCUT2D eigenvalue weighted by Crippen LogP contribution is -2.29. The molecule has 0 bridgehead atoms. The van der Waals surface area contributed by atoms with Crippen LogP contribution >= 0.6 is 0 Å². The molecule has 1 aliphatic rings. The number of nitrogens with one attached hydrogen (secondary N) is 1. The lowest BCUT2D eigenvalue weighted by molar-refractivity contribution is -0.117. The highest BCUT2D eigenvalue weighted by atomic mass is 16.5. The summed E-state index contributed by atoms with van der Waals surface area (Å²) in [6.45, 7) is 4.15. The molecule has 1 aromatic heterocycles. The molecule has 6 heteroatoms. The number of amides is 1. The Hall–Kier alpha value is -3.04. The zero-order chi connectivity index (χ0) is 22.4. The van der Waals surface area contributed by atoms with Gasteiger partial charge >= 0.3 is 0 Å². The number of methoxy groups -OCH3 is 1. The molecule has 1 aliphatic carbocycles. The molecule has 2 aromatic rings. The zero-order valence-electron chi connectivity index (χ0n) is 18.5. The van der Waals surface area contributed by atoms with Crippen LogP contribution in [0.15, 0.2) is 35.9 Å². The van der Waals surface area contributed by atoms with Gasteiger partial charge in [-0.15, -0.1) is 0 Å². The normalized spacial score (nSPS) is 15.9. The predicted octanol–water partition coefficient (Wildman–Crippen LogP) is 4.38. The standard InChI is InChI=1S/C25H31N3O3/c1-17-13-20(18(2)28(17)22-7-5-4-6-8-22)14-21(15-26)25(30)27-16-24(29)19-9-11-23(31-3)12-10-19/h9-14,22,24,29H,4-8,16H2,1-3H3,(H,27,30)/b21-14+. The van der Waals surface area contributed by atoms with Crippen molar-refractivity contribution >= 4 is 12.0 Å². The summed E-state index contributed by atoms with van der Waals surface area (Å²) in [5.41, 5.74) is 3.84. The molecule has 1 saturated carbocycles. The molecule has 0 saturated heterocycles. The van der Waals surface area contributed by atoms with E-state index >= 15 is 0 Å². The van der Waals surface area contributed by atoms with Gasteiger partial charge in [0.15, 0.2) is 0 Å². The van der Waals surface area contributed by atoms with Gasteiger partial charge in [0, 0.05) is 24.0 Å². The number of aryl methyl sites for hydroxylation is 1. The van der Waals surface area contributed by atoms with E-state index in [-0.39, 0.29) is 12.1 Å². The molecular weight excluding hydrogens is 390 g/mol. The van der Waals surface area contributed by atoms with Crippen molar-refractivity contribution in [2.24, 2.45) is 0 Å². The Labute approximate surface area is 184 Å². The summed E-state index contributed by atoms with van der Waals surface area (Å²) in [6.07, 6.45) is 6.92. The van der Waals surface area contributed by atoms with Gasteiger partial charge in [0.2, 0.25) is 0 Å². The number of aliphatic hydroxyl groups excluding tert-OH is 1. The number of rotatable bonds is 7. The van der Waals surface area contributed by atoms with E-state index in [0.29, 0.717) is 17.4 Å². The van der Waals surface area contributed by atoms with E-state index in [0.717, 1.165) is 17.0 Å². The first-order chi connectivity index (χ1) is 14.9. The third-order valence-corrected chi connectivity index (χ3v) is 6.08. The number of carbonyl (C=O) groups excluding carboxylic acids is 1. The first-order valence-electron chi connectivity index (χ1n) is 10.8. The first-order valence-corrected chi connectivity index (χ1v) is 10.8. The molecule has 31 heavy (non-hydrogen) atoms. The average Bonchev–Trinajstić information content (AvgIpc) is 3.08. The smallest absolute Gasteiger partial charge is 0.262 e. The topological polar surface area (TPSA) is 87.3 Å². The maximum atomic E-state index is 12.6. The van der Waals surface area contributed by atoms with Gasteiger partial charge in [0.1, 0.15) is 17.4 Å². The number of ether oxygens (including phenoxy) is 1. The molecule has 0 aliphatic heterocycles. The fourth-order valence-electron chi connectivity index (χ4n) is 4.38. The lowest BCUT2D eigenvalue weighted by atomic mass is 9.95. The molecule has 1 atom stereocenters. The number of hydrogen-bond donors (Lipinski definition) is 2. The van der Waals surface area contributed by atoms with Crippen LogP contribution in [0.4, 0.5) is 0 Å². The maximum Gasteiger partial charge on any atom is 0.262 e. The molecule has 1 unspecified atom stereocenters. The Morgan fingerprint density at radius 2 is 1.97 bits per heavy atom. The molecule has 1 fully saturated rings. The molecule has 1 amide bonds. The molecular formula is C25H31N3O3. The zero-order valence-corrected chi connectivity index (χ0v) is 18.5. The van der Waals surface area contributed by atoms with E-state index in [9.17, 15) is 15.2 Å². The van der Waals surface area contributed by atoms with E-state index in [1.807, 2.05) is 19.1 Å². The van der Waals surface area contributed by atoms with Crippen molar-refractivity contribution in [3.63, 3.8) is 0 Å². The molecule has 1 aromatic carbocycles. The minimum Gasteiger partial charge on any atom is -0.497 e. The molecule has 6 nitrogen and oxygen atoms in total. The Kier molecular flexibility index (Phi) is 7.54. The fourth-order valence-corrected chi connectivity index (χ4v) is 4.38. The summed E-state index contributed by atoms with van der Waals surface area (Å²) in [4.78, 5) is 12.6. The van der Waals surface area contributed by atoms with Crippen LogP contribution in [0.25, 0.3) is 6.08 Å². The van der Waals surface area contributed by atoms with Crippen LogP contribution in [-0.2, 0) is 4.79 Å². The van der Waals surface area contributed by atoms with Crippen LogP contribution in [0.5, 0.6) is 5.75 Å². The third kappa shape index (κ3) is 5.36. The highest BCUT2D eigenvalue weighted by Gasteiger charge is 2.20. The summed E-state index contributed by atoms with van der Waals surface area (Å²) >= 11 is 0. The second-order valence-electron chi connectivity index (χ2n) is 8.16. The van der Waals surface area contributed by atoms with Crippen LogP contribution in [0.3, 0.4) is 0 Å². The van der Waals surface area contributed by atoms with Gasteiger partial charge in [-0.3, -0.25) is 4.79 Å². The molecule has 1 heterocycles. The van der Waals surface area contributed by atoms with E-state index in [1.165, 1.54) is 32.1 Å². The van der Waals surface area contributed by atoms with Crippen LogP contribution in [0, 0.1) is 25.2 Å². The van der Waals surface area contributed by atoms with E-state index in [2.05, 4.69) is 16.8 Å². The van der Waals surface area contributed by atoms with Crippen LogP contribution in [-0.4, -0.2) is 29.2 Å². The minimum absolute atomic E-state index is 0.0191. The highest BCUT2D eigenvalue weighted by molar-refractivity contribution is 6.01. The molecule has 164 valence electrons. The monoisotopic (exact) mass is 421 g/mol. The number of aliphatic hydroxyl groups is 1. The Balaban J connectivity index is 1.69. The number of nitriles is 1. The van der Waals surface area contributed by atoms with Crippen LogP contribution in [0.1, 0.15) is 66.8 Å². The van der Waals surface area contributed by atoms with E-state index in [4.69, 9.17) is 4.74 Å². The van der Waals surface area contributed by atoms with Crippen molar-refractivity contribution < 1.29 is 14.6 Å². The summed E-state index contributed by atoms with van der Waals surface area (Å²) in [6, 6.07) is 11.5. The van der Waals surface area contributed by atoms with Crippen LogP contribution < -0.4 is 10.1 Å².